The summed E-state index contributed by atoms with van der Waals surface area (Å²) >= 11 is 0. The number of β-amino-alcohol motifs (C(OH)–C–C–N with tert-alkyl or cyclic N) is 1. The smallest absolute Gasteiger partial charge is 0.243 e. The van der Waals surface area contributed by atoms with E-state index < -0.39 is 15.6 Å². The molecule has 2 aliphatic rings. The first-order valence-electron chi connectivity index (χ1n) is 11.6. The standard InChI is InChI=1S/C25H27FN6O3S/c26-19-3-5-20(6-4-19)28-23-11-13-27-24(30-23)29-21-7-9-22(10-8-21)36(34,35)32-16-12-25(33,18-32)17-31-14-1-2-15-31/h1-11,13,33H,12,14-18H2,(H2,27,28,29,30). The van der Waals surface area contributed by atoms with Gasteiger partial charge in [-0.3, -0.25) is 4.90 Å². The van der Waals surface area contributed by atoms with E-state index >= 15 is 0 Å². The predicted molar refractivity (Wildman–Crippen MR) is 135 cm³/mol. The molecular weight excluding hydrogens is 483 g/mol. The lowest BCUT2D eigenvalue weighted by atomic mass is 10.0. The Morgan fingerprint density at radius 3 is 2.36 bits per heavy atom. The van der Waals surface area contributed by atoms with Crippen molar-refractivity contribution in [2.75, 3.05) is 43.4 Å². The van der Waals surface area contributed by atoms with Crippen molar-refractivity contribution >= 4 is 33.2 Å². The Morgan fingerprint density at radius 2 is 1.64 bits per heavy atom. The zero-order valence-corrected chi connectivity index (χ0v) is 20.3. The molecule has 0 radical (unpaired) electrons. The lowest BCUT2D eigenvalue weighted by molar-refractivity contribution is 0.0247. The molecule has 2 aliphatic heterocycles. The van der Waals surface area contributed by atoms with Crippen molar-refractivity contribution in [2.45, 2.75) is 16.9 Å². The summed E-state index contributed by atoms with van der Waals surface area (Å²) in [6, 6.07) is 14.0. The third-order valence-electron chi connectivity index (χ3n) is 6.23. The van der Waals surface area contributed by atoms with Crippen LogP contribution in [0.3, 0.4) is 0 Å². The minimum atomic E-state index is -3.73. The van der Waals surface area contributed by atoms with Gasteiger partial charge in [-0.25, -0.2) is 17.8 Å². The first-order valence-corrected chi connectivity index (χ1v) is 13.1. The molecule has 36 heavy (non-hydrogen) atoms. The van der Waals surface area contributed by atoms with Gasteiger partial charge in [0, 0.05) is 50.3 Å². The van der Waals surface area contributed by atoms with Crippen LogP contribution in [0.15, 0.2) is 77.8 Å². The van der Waals surface area contributed by atoms with E-state index in [-0.39, 0.29) is 23.8 Å². The van der Waals surface area contributed by atoms with Gasteiger partial charge in [0.25, 0.3) is 0 Å². The van der Waals surface area contributed by atoms with Gasteiger partial charge in [-0.05, 0) is 61.0 Å². The van der Waals surface area contributed by atoms with Gasteiger partial charge >= 0.3 is 0 Å². The van der Waals surface area contributed by atoms with Crippen molar-refractivity contribution in [3.63, 3.8) is 0 Å². The minimum absolute atomic E-state index is 0.0769. The highest BCUT2D eigenvalue weighted by atomic mass is 32.2. The van der Waals surface area contributed by atoms with E-state index in [1.807, 2.05) is 12.2 Å². The van der Waals surface area contributed by atoms with E-state index in [0.29, 0.717) is 36.1 Å². The Kier molecular flexibility index (Phi) is 6.71. The molecule has 0 aliphatic carbocycles. The average molecular weight is 511 g/mol. The normalized spacial score (nSPS) is 20.6. The number of hydrogen-bond acceptors (Lipinski definition) is 8. The molecular formula is C25H27FN6O3S. The van der Waals surface area contributed by atoms with Crippen LogP contribution in [-0.2, 0) is 10.0 Å². The summed E-state index contributed by atoms with van der Waals surface area (Å²) in [5, 5.41) is 17.1. The zero-order chi connectivity index (χ0) is 25.2. The number of aromatic nitrogens is 2. The molecule has 2 aromatic carbocycles. The van der Waals surface area contributed by atoms with Crippen LogP contribution in [0.5, 0.6) is 0 Å². The van der Waals surface area contributed by atoms with Gasteiger partial charge in [0.15, 0.2) is 0 Å². The summed E-state index contributed by atoms with van der Waals surface area (Å²) in [6.45, 7) is 2.36. The second kappa shape index (κ2) is 9.94. The van der Waals surface area contributed by atoms with Gasteiger partial charge in [-0.15, -0.1) is 0 Å². The Hall–Kier alpha value is -3.38. The Labute approximate surface area is 209 Å². The molecule has 0 amide bonds. The Balaban J connectivity index is 1.22. The zero-order valence-electron chi connectivity index (χ0n) is 19.5. The number of sulfonamides is 1. The van der Waals surface area contributed by atoms with Crippen molar-refractivity contribution in [1.29, 1.82) is 0 Å². The van der Waals surface area contributed by atoms with E-state index in [0.717, 1.165) is 13.1 Å². The minimum Gasteiger partial charge on any atom is -0.387 e. The lowest BCUT2D eigenvalue weighted by Crippen LogP contribution is -2.45. The first kappa shape index (κ1) is 24.3. The van der Waals surface area contributed by atoms with Crippen LogP contribution in [0, 0.1) is 5.82 Å². The molecule has 188 valence electrons. The number of anilines is 4. The molecule has 1 aromatic heterocycles. The van der Waals surface area contributed by atoms with Crippen molar-refractivity contribution in [3.8, 4) is 0 Å². The highest BCUT2D eigenvalue weighted by molar-refractivity contribution is 7.89. The number of nitrogens with one attached hydrogen (secondary N) is 2. The molecule has 3 aromatic rings. The number of aliphatic hydroxyl groups is 1. The Bertz CT molecular complexity index is 1340. The molecule has 3 heterocycles. The largest absolute Gasteiger partial charge is 0.387 e. The van der Waals surface area contributed by atoms with Crippen LogP contribution < -0.4 is 10.6 Å². The summed E-state index contributed by atoms with van der Waals surface area (Å²) < 4.78 is 40.8. The van der Waals surface area contributed by atoms with E-state index in [1.165, 1.54) is 28.6 Å². The number of halogens is 1. The first-order chi connectivity index (χ1) is 17.3. The Morgan fingerprint density at radius 1 is 0.972 bits per heavy atom. The lowest BCUT2D eigenvalue weighted by Gasteiger charge is -2.28. The quantitative estimate of drug-likeness (QED) is 0.397. The van der Waals surface area contributed by atoms with Crippen molar-refractivity contribution in [2.24, 2.45) is 0 Å². The number of benzene rings is 2. The van der Waals surface area contributed by atoms with E-state index in [9.17, 15) is 17.9 Å². The predicted octanol–water partition coefficient (Wildman–Crippen LogP) is 3.10. The molecule has 0 spiro atoms. The molecule has 1 saturated heterocycles. The number of hydrogen-bond donors (Lipinski definition) is 3. The SMILES string of the molecule is O=S(=O)(c1ccc(Nc2nccc(Nc3ccc(F)cc3)n2)cc1)N1CCC(O)(CN2CC=CC2)C1. The molecule has 1 unspecified atom stereocenters. The third kappa shape index (κ3) is 5.54. The average Bonchev–Trinajstić information content (AvgIpc) is 3.51. The summed E-state index contributed by atoms with van der Waals surface area (Å²) in [5.74, 6) is 0.513. The van der Waals surface area contributed by atoms with Crippen molar-refractivity contribution in [1.82, 2.24) is 19.2 Å². The molecule has 1 atom stereocenters. The maximum absolute atomic E-state index is 13.2. The molecule has 0 bridgehead atoms. The fourth-order valence-corrected chi connectivity index (χ4v) is 5.90. The van der Waals surface area contributed by atoms with Crippen LogP contribution in [-0.4, -0.2) is 71.0 Å². The summed E-state index contributed by atoms with van der Waals surface area (Å²) in [6.07, 6.45) is 6.08. The molecule has 5 rings (SSSR count). The molecule has 11 heteroatoms. The van der Waals surface area contributed by atoms with Gasteiger partial charge in [0.2, 0.25) is 16.0 Å². The van der Waals surface area contributed by atoms with Gasteiger partial charge in [0.05, 0.1) is 10.5 Å². The van der Waals surface area contributed by atoms with E-state index in [1.54, 1.807) is 36.5 Å². The molecule has 1 fully saturated rings. The summed E-state index contributed by atoms with van der Waals surface area (Å²) in [7, 11) is -3.73. The topological polar surface area (TPSA) is 111 Å². The molecule has 3 N–H and O–H groups in total. The maximum atomic E-state index is 13.2. The van der Waals surface area contributed by atoms with Crippen molar-refractivity contribution in [3.05, 3.63) is 78.8 Å². The third-order valence-corrected chi connectivity index (χ3v) is 8.09. The fourth-order valence-electron chi connectivity index (χ4n) is 4.38. The van der Waals surface area contributed by atoms with Gasteiger partial charge < -0.3 is 15.7 Å². The van der Waals surface area contributed by atoms with Crippen molar-refractivity contribution < 1.29 is 17.9 Å². The monoisotopic (exact) mass is 510 g/mol. The highest BCUT2D eigenvalue weighted by Gasteiger charge is 2.42. The second-order valence-corrected chi connectivity index (χ2v) is 11.0. The van der Waals surface area contributed by atoms with Gasteiger partial charge in [-0.1, -0.05) is 12.2 Å². The van der Waals surface area contributed by atoms with Crippen LogP contribution >= 0.6 is 0 Å². The highest BCUT2D eigenvalue weighted by Crippen LogP contribution is 2.29. The fraction of sp³-hybridized carbons (Fsp3) is 0.280. The van der Waals surface area contributed by atoms with Crippen LogP contribution in [0.4, 0.5) is 27.5 Å². The second-order valence-electron chi connectivity index (χ2n) is 9.03. The van der Waals surface area contributed by atoms with Gasteiger partial charge in [-0.2, -0.15) is 9.29 Å². The van der Waals surface area contributed by atoms with E-state index in [2.05, 4.69) is 25.5 Å². The summed E-state index contributed by atoms with van der Waals surface area (Å²) in [5.41, 5.74) is 0.249. The number of rotatable bonds is 8. The van der Waals surface area contributed by atoms with Crippen LogP contribution in [0.2, 0.25) is 0 Å². The van der Waals surface area contributed by atoms with Crippen LogP contribution in [0.1, 0.15) is 6.42 Å². The maximum Gasteiger partial charge on any atom is 0.243 e. The molecule has 0 saturated carbocycles. The van der Waals surface area contributed by atoms with Crippen LogP contribution in [0.25, 0.3) is 0 Å². The molecule has 9 nitrogen and oxygen atoms in total. The summed E-state index contributed by atoms with van der Waals surface area (Å²) in [4.78, 5) is 10.8. The number of nitrogens with zero attached hydrogens (tertiary/aromatic N) is 4. The van der Waals surface area contributed by atoms with Gasteiger partial charge in [0.1, 0.15) is 11.6 Å². The van der Waals surface area contributed by atoms with E-state index in [4.69, 9.17) is 0 Å².